The van der Waals surface area contributed by atoms with Crippen LogP contribution in [-0.2, 0) is 0 Å². The van der Waals surface area contributed by atoms with E-state index in [9.17, 15) is 0 Å². The third-order valence-corrected chi connectivity index (χ3v) is 3.58. The smallest absolute Gasteiger partial charge is 0.00169 e. The van der Waals surface area contributed by atoms with E-state index in [2.05, 4.69) is 13.8 Å². The molecule has 1 heterocycles. The zero-order valence-corrected chi connectivity index (χ0v) is 7.95. The third-order valence-electron chi connectivity index (χ3n) is 2.07. The van der Waals surface area contributed by atoms with Crippen molar-refractivity contribution in [1.82, 2.24) is 0 Å². The molecule has 0 bridgehead atoms. The third kappa shape index (κ3) is 2.42. The second-order valence-electron chi connectivity index (χ2n) is 3.19. The summed E-state index contributed by atoms with van der Waals surface area (Å²) in [6.07, 6.45) is 7.04. The Morgan fingerprint density at radius 3 is 2.90 bits per heavy atom. The van der Waals surface area contributed by atoms with E-state index in [1.165, 1.54) is 32.1 Å². The van der Waals surface area contributed by atoms with Crippen LogP contribution in [0.2, 0.25) is 0 Å². The normalized spacial score (nSPS) is 26.6. The molecule has 1 rings (SSSR count). The van der Waals surface area contributed by atoms with Gasteiger partial charge in [0.25, 0.3) is 0 Å². The van der Waals surface area contributed by atoms with Crippen LogP contribution >= 0.6 is 8.20 Å². The Kier molecular flexibility index (Phi) is 3.42. The summed E-state index contributed by atoms with van der Waals surface area (Å²) in [4.78, 5) is 0. The maximum atomic E-state index is 2.36. The molecule has 58 valence electrons. The van der Waals surface area contributed by atoms with Gasteiger partial charge in [0.05, 0.1) is 0 Å². The molecule has 0 aromatic rings. The maximum Gasteiger partial charge on any atom is -0.00169 e. The minimum atomic E-state index is 0.965. The van der Waals surface area contributed by atoms with E-state index in [1.54, 1.807) is 8.20 Å². The van der Waals surface area contributed by atoms with Crippen molar-refractivity contribution >= 4 is 13.5 Å². The van der Waals surface area contributed by atoms with Gasteiger partial charge in [0.2, 0.25) is 0 Å². The summed E-state index contributed by atoms with van der Waals surface area (Å²) in [5.74, 6) is 0. The monoisotopic (exact) mass is 156 g/mol. The van der Waals surface area contributed by atoms with Gasteiger partial charge in [-0.3, -0.25) is 0 Å². The van der Waals surface area contributed by atoms with E-state index in [0.29, 0.717) is 0 Å². The molecule has 1 aliphatic heterocycles. The standard InChI is InChI=1S/C9H17P/c1-3-4-5-9-7-6-8(2)10-9/h8H,3-7H2,1-2H3. The van der Waals surface area contributed by atoms with Gasteiger partial charge < -0.3 is 0 Å². The van der Waals surface area contributed by atoms with E-state index < -0.39 is 0 Å². The predicted octanol–water partition coefficient (Wildman–Crippen LogP) is 3.48. The van der Waals surface area contributed by atoms with Gasteiger partial charge in [0.15, 0.2) is 0 Å². The molecule has 0 radical (unpaired) electrons. The fourth-order valence-corrected chi connectivity index (χ4v) is 2.81. The molecule has 0 nitrogen and oxygen atoms in total. The van der Waals surface area contributed by atoms with Gasteiger partial charge in [-0.2, -0.15) is 0 Å². The second-order valence-corrected chi connectivity index (χ2v) is 4.96. The van der Waals surface area contributed by atoms with Crippen molar-refractivity contribution in [1.29, 1.82) is 0 Å². The second kappa shape index (κ2) is 4.13. The minimum Gasteiger partial charge on any atom is -0.102 e. The van der Waals surface area contributed by atoms with Crippen molar-refractivity contribution in [3.05, 3.63) is 0 Å². The van der Waals surface area contributed by atoms with Crippen LogP contribution in [0.4, 0.5) is 0 Å². The van der Waals surface area contributed by atoms with Gasteiger partial charge in [0.1, 0.15) is 0 Å². The Hall–Kier alpha value is 0.170. The van der Waals surface area contributed by atoms with Crippen LogP contribution in [0.5, 0.6) is 0 Å². The number of hydrogen-bond acceptors (Lipinski definition) is 0. The zero-order valence-electron chi connectivity index (χ0n) is 7.06. The fourth-order valence-electron chi connectivity index (χ4n) is 1.39. The molecule has 10 heavy (non-hydrogen) atoms. The summed E-state index contributed by atoms with van der Waals surface area (Å²) in [7, 11) is 1.66. The molecule has 1 unspecified atom stereocenters. The van der Waals surface area contributed by atoms with Gasteiger partial charge in [-0.25, -0.2) is 0 Å². The molecule has 1 aliphatic rings. The van der Waals surface area contributed by atoms with Crippen molar-refractivity contribution in [3.8, 4) is 0 Å². The first kappa shape index (κ1) is 8.27. The predicted molar refractivity (Wildman–Crippen MR) is 50.1 cm³/mol. The fraction of sp³-hybridized carbons (Fsp3) is 0.889. The first-order chi connectivity index (χ1) is 4.83. The van der Waals surface area contributed by atoms with Crippen molar-refractivity contribution < 1.29 is 0 Å². The summed E-state index contributed by atoms with van der Waals surface area (Å²) < 4.78 is 0. The molecule has 1 heteroatoms. The van der Waals surface area contributed by atoms with E-state index in [-0.39, 0.29) is 0 Å². The average molecular weight is 156 g/mol. The number of hydrogen-bond donors (Lipinski definition) is 0. The summed E-state index contributed by atoms with van der Waals surface area (Å²) in [5.41, 5.74) is 0.965. The molecule has 0 aliphatic carbocycles. The van der Waals surface area contributed by atoms with Crippen LogP contribution in [0.25, 0.3) is 0 Å². The van der Waals surface area contributed by atoms with Gasteiger partial charge in [0, 0.05) is 0 Å². The highest BCUT2D eigenvalue weighted by Crippen LogP contribution is 2.27. The molecule has 0 aromatic heterocycles. The Labute approximate surface area is 65.8 Å². The molecule has 0 amide bonds. The van der Waals surface area contributed by atoms with Gasteiger partial charge >= 0.3 is 0 Å². The van der Waals surface area contributed by atoms with Gasteiger partial charge in [-0.15, -0.1) is 8.20 Å². The van der Waals surface area contributed by atoms with Crippen LogP contribution in [0, 0.1) is 0 Å². The van der Waals surface area contributed by atoms with Crippen LogP contribution in [0.1, 0.15) is 46.0 Å². The lowest BCUT2D eigenvalue weighted by Crippen LogP contribution is -1.89. The molecule has 0 spiro atoms. The zero-order chi connectivity index (χ0) is 7.40. The molecule has 1 atom stereocenters. The molecular weight excluding hydrogens is 139 g/mol. The Morgan fingerprint density at radius 2 is 2.40 bits per heavy atom. The molecule has 0 saturated heterocycles. The molecule has 0 fully saturated rings. The molecule has 0 N–H and O–H groups in total. The van der Waals surface area contributed by atoms with E-state index in [0.717, 1.165) is 5.66 Å². The Bertz CT molecular complexity index is 127. The molecule has 0 saturated carbocycles. The minimum absolute atomic E-state index is 0.965. The van der Waals surface area contributed by atoms with Crippen LogP contribution in [-0.4, -0.2) is 11.0 Å². The van der Waals surface area contributed by atoms with E-state index >= 15 is 0 Å². The largest absolute Gasteiger partial charge is 0.102 e. The highest BCUT2D eigenvalue weighted by Gasteiger charge is 2.10. The molecule has 0 aromatic carbocycles. The Balaban J connectivity index is 2.22. The van der Waals surface area contributed by atoms with Crippen molar-refractivity contribution in [2.75, 3.05) is 0 Å². The quantitative estimate of drug-likeness (QED) is 0.549. The van der Waals surface area contributed by atoms with E-state index in [4.69, 9.17) is 0 Å². The number of unbranched alkanes of at least 4 members (excludes halogenated alkanes) is 1. The van der Waals surface area contributed by atoms with Crippen molar-refractivity contribution in [2.45, 2.75) is 51.6 Å². The van der Waals surface area contributed by atoms with Crippen molar-refractivity contribution in [2.24, 2.45) is 0 Å². The van der Waals surface area contributed by atoms with Gasteiger partial charge in [-0.1, -0.05) is 20.3 Å². The maximum absolute atomic E-state index is 2.36. The first-order valence-corrected chi connectivity index (χ1v) is 5.35. The lowest BCUT2D eigenvalue weighted by molar-refractivity contribution is 0.815. The molecular formula is C9H17P. The van der Waals surface area contributed by atoms with Crippen LogP contribution in [0.3, 0.4) is 0 Å². The topological polar surface area (TPSA) is 0 Å². The van der Waals surface area contributed by atoms with Crippen molar-refractivity contribution in [3.63, 3.8) is 0 Å². The lowest BCUT2D eigenvalue weighted by atomic mass is 10.1. The lowest BCUT2D eigenvalue weighted by Gasteiger charge is -1.95. The summed E-state index contributed by atoms with van der Waals surface area (Å²) in [5, 5.41) is 1.81. The van der Waals surface area contributed by atoms with E-state index in [1.807, 2.05) is 5.29 Å². The summed E-state index contributed by atoms with van der Waals surface area (Å²) >= 11 is 0. The van der Waals surface area contributed by atoms with Gasteiger partial charge in [-0.05, 0) is 36.6 Å². The summed E-state index contributed by atoms with van der Waals surface area (Å²) in [6.45, 7) is 4.64. The average Bonchev–Trinajstić information content (AvgIpc) is 2.31. The highest BCUT2D eigenvalue weighted by atomic mass is 31.1. The Morgan fingerprint density at radius 1 is 1.60 bits per heavy atom. The first-order valence-electron chi connectivity index (χ1n) is 4.38. The summed E-state index contributed by atoms with van der Waals surface area (Å²) in [6, 6.07) is 0. The highest BCUT2D eigenvalue weighted by molar-refractivity contribution is 7.41. The van der Waals surface area contributed by atoms with Crippen LogP contribution < -0.4 is 0 Å². The number of rotatable bonds is 3. The SMILES string of the molecule is CCCCC1=PC(C)CC1. The van der Waals surface area contributed by atoms with Crippen LogP contribution in [0.15, 0.2) is 0 Å².